The van der Waals surface area contributed by atoms with Crippen LogP contribution in [0.4, 0.5) is 18.9 Å². The molecule has 5 nitrogen and oxygen atoms in total. The molecule has 1 N–H and O–H groups in total. The van der Waals surface area contributed by atoms with Crippen molar-refractivity contribution in [1.82, 2.24) is 0 Å². The van der Waals surface area contributed by atoms with Gasteiger partial charge in [0, 0.05) is 24.2 Å². The van der Waals surface area contributed by atoms with Crippen LogP contribution in [0.25, 0.3) is 0 Å². The molecule has 0 aromatic heterocycles. The smallest absolute Gasteiger partial charge is 0.490 e. The van der Waals surface area contributed by atoms with E-state index in [0.717, 1.165) is 12.1 Å². The molecule has 2 aromatic rings. The maximum atomic E-state index is 12.2. The molecule has 0 atom stereocenters. The van der Waals surface area contributed by atoms with Crippen molar-refractivity contribution in [3.8, 4) is 17.2 Å². The van der Waals surface area contributed by atoms with Crippen molar-refractivity contribution in [3.63, 3.8) is 0 Å². The third-order valence-corrected chi connectivity index (χ3v) is 4.50. The van der Waals surface area contributed by atoms with Crippen LogP contribution in [0, 0.1) is 0 Å². The second-order valence-electron chi connectivity index (χ2n) is 6.09. The average molecular weight is 533 g/mol. The zero-order valence-electron chi connectivity index (χ0n) is 16.1. The van der Waals surface area contributed by atoms with Crippen molar-refractivity contribution in [1.29, 1.82) is 0 Å². The summed E-state index contributed by atoms with van der Waals surface area (Å²) in [6.45, 7) is 0.276. The van der Waals surface area contributed by atoms with Crippen LogP contribution in [0.5, 0.6) is 17.2 Å². The standard InChI is InChI=1S/C20H16Cl4F3NO4/c21-15-10-14(30-9-7-17(23)24)11-16(22)19(15)31-8-1-2-18(29)28-12-3-5-13(6-4-12)32-20(25,26)27/h3-7,10-11H,1-2,8-9H2,(H,28,29). The van der Waals surface area contributed by atoms with Crippen LogP contribution in [0.1, 0.15) is 12.8 Å². The molecular formula is C20H16Cl4F3NO4. The first-order valence-electron chi connectivity index (χ1n) is 8.95. The number of benzene rings is 2. The van der Waals surface area contributed by atoms with Crippen LogP contribution in [0.2, 0.25) is 10.0 Å². The van der Waals surface area contributed by atoms with Gasteiger partial charge in [-0.3, -0.25) is 4.79 Å². The van der Waals surface area contributed by atoms with Gasteiger partial charge >= 0.3 is 6.36 Å². The Hall–Kier alpha value is -2.00. The number of carbonyl (C=O) groups excluding carboxylic acids is 1. The Kier molecular flexibility index (Phi) is 10.1. The van der Waals surface area contributed by atoms with Crippen LogP contribution >= 0.6 is 46.4 Å². The van der Waals surface area contributed by atoms with Crippen LogP contribution in [-0.4, -0.2) is 25.5 Å². The number of halogens is 7. The molecule has 0 aliphatic heterocycles. The number of ether oxygens (including phenoxy) is 3. The molecule has 0 saturated carbocycles. The fraction of sp³-hybridized carbons (Fsp3) is 0.250. The summed E-state index contributed by atoms with van der Waals surface area (Å²) in [5.74, 6) is -0.0881. The van der Waals surface area contributed by atoms with Gasteiger partial charge < -0.3 is 19.5 Å². The molecule has 0 spiro atoms. The summed E-state index contributed by atoms with van der Waals surface area (Å²) < 4.78 is 51.2. The first-order chi connectivity index (χ1) is 15.0. The highest BCUT2D eigenvalue weighted by Gasteiger charge is 2.30. The van der Waals surface area contributed by atoms with E-state index >= 15 is 0 Å². The highest BCUT2D eigenvalue weighted by molar-refractivity contribution is 6.55. The van der Waals surface area contributed by atoms with Gasteiger partial charge in [-0.2, -0.15) is 0 Å². The zero-order valence-corrected chi connectivity index (χ0v) is 19.2. The highest BCUT2D eigenvalue weighted by Crippen LogP contribution is 2.37. The Morgan fingerprint density at radius 1 is 1.00 bits per heavy atom. The van der Waals surface area contributed by atoms with Gasteiger partial charge in [-0.25, -0.2) is 0 Å². The van der Waals surface area contributed by atoms with Gasteiger partial charge in [-0.15, -0.1) is 13.2 Å². The van der Waals surface area contributed by atoms with Gasteiger partial charge in [0.2, 0.25) is 5.91 Å². The number of amides is 1. The topological polar surface area (TPSA) is 56.8 Å². The lowest BCUT2D eigenvalue weighted by Gasteiger charge is -2.12. The van der Waals surface area contributed by atoms with E-state index in [9.17, 15) is 18.0 Å². The average Bonchev–Trinajstić information content (AvgIpc) is 2.67. The molecule has 0 heterocycles. The molecule has 0 aliphatic rings. The minimum absolute atomic E-state index is 0.0682. The van der Waals surface area contributed by atoms with E-state index < -0.39 is 6.36 Å². The number of rotatable bonds is 10. The lowest BCUT2D eigenvalue weighted by atomic mass is 10.2. The molecular weight excluding hydrogens is 517 g/mol. The molecule has 2 rings (SSSR count). The summed E-state index contributed by atoms with van der Waals surface area (Å²) in [6.07, 6.45) is -2.89. The Morgan fingerprint density at radius 3 is 2.19 bits per heavy atom. The van der Waals surface area contributed by atoms with Crippen molar-refractivity contribution in [2.24, 2.45) is 0 Å². The second kappa shape index (κ2) is 12.3. The van der Waals surface area contributed by atoms with Crippen molar-refractivity contribution in [2.75, 3.05) is 18.5 Å². The van der Waals surface area contributed by atoms with Crippen LogP contribution in [0.15, 0.2) is 47.0 Å². The quantitative estimate of drug-likeness (QED) is 0.324. The van der Waals surface area contributed by atoms with Gasteiger partial charge in [-0.05, 0) is 36.8 Å². The molecule has 0 radical (unpaired) electrons. The number of hydrogen-bond acceptors (Lipinski definition) is 4. The first-order valence-corrected chi connectivity index (χ1v) is 10.5. The van der Waals surface area contributed by atoms with E-state index in [4.69, 9.17) is 55.9 Å². The first kappa shape index (κ1) is 26.3. The van der Waals surface area contributed by atoms with Crippen LogP contribution < -0.4 is 19.5 Å². The Morgan fingerprint density at radius 2 is 1.62 bits per heavy atom. The van der Waals surface area contributed by atoms with Gasteiger partial charge in [0.05, 0.1) is 16.7 Å². The normalized spacial score (nSPS) is 11.0. The van der Waals surface area contributed by atoms with Crippen molar-refractivity contribution >= 4 is 58.0 Å². The maximum Gasteiger partial charge on any atom is 0.573 e. The summed E-state index contributed by atoms with van der Waals surface area (Å²) in [5.41, 5.74) is 0.331. The lowest BCUT2D eigenvalue weighted by Crippen LogP contribution is -2.17. The molecule has 0 bridgehead atoms. The summed E-state index contributed by atoms with van der Waals surface area (Å²) in [7, 11) is 0. The number of anilines is 1. The fourth-order valence-electron chi connectivity index (χ4n) is 2.33. The van der Waals surface area contributed by atoms with E-state index in [1.54, 1.807) is 0 Å². The summed E-state index contributed by atoms with van der Waals surface area (Å²) >= 11 is 23.3. The minimum Gasteiger partial charge on any atom is -0.490 e. The Labute approximate surface area is 201 Å². The molecule has 174 valence electrons. The zero-order chi connectivity index (χ0) is 23.7. The predicted octanol–water partition coefficient (Wildman–Crippen LogP) is 7.39. The third-order valence-electron chi connectivity index (χ3n) is 3.63. The Balaban J connectivity index is 1.78. The van der Waals surface area contributed by atoms with Crippen LogP contribution in [0.3, 0.4) is 0 Å². The predicted molar refractivity (Wildman–Crippen MR) is 118 cm³/mol. The van der Waals surface area contributed by atoms with Gasteiger partial charge in [-0.1, -0.05) is 46.4 Å². The fourth-order valence-corrected chi connectivity index (χ4v) is 3.03. The van der Waals surface area contributed by atoms with E-state index in [2.05, 4.69) is 10.1 Å². The van der Waals surface area contributed by atoms with Crippen molar-refractivity contribution < 1.29 is 32.2 Å². The SMILES string of the molecule is O=C(CCCOc1c(Cl)cc(OCC=C(Cl)Cl)cc1Cl)Nc1ccc(OC(F)(F)F)cc1. The molecule has 0 fully saturated rings. The molecule has 32 heavy (non-hydrogen) atoms. The second-order valence-corrected chi connectivity index (χ2v) is 7.92. The minimum atomic E-state index is -4.78. The van der Waals surface area contributed by atoms with E-state index in [1.165, 1.54) is 30.3 Å². The van der Waals surface area contributed by atoms with E-state index in [0.29, 0.717) is 17.9 Å². The number of carbonyl (C=O) groups is 1. The molecule has 1 amide bonds. The number of nitrogens with one attached hydrogen (secondary N) is 1. The molecule has 0 unspecified atom stereocenters. The lowest BCUT2D eigenvalue weighted by molar-refractivity contribution is -0.274. The monoisotopic (exact) mass is 531 g/mol. The Bertz CT molecular complexity index is 926. The molecule has 0 aliphatic carbocycles. The summed E-state index contributed by atoms with van der Waals surface area (Å²) in [5, 5.41) is 3.01. The maximum absolute atomic E-state index is 12.2. The third kappa shape index (κ3) is 9.65. The molecule has 2 aromatic carbocycles. The van der Waals surface area contributed by atoms with Gasteiger partial charge in [0.1, 0.15) is 22.6 Å². The summed E-state index contributed by atoms with van der Waals surface area (Å²) in [4.78, 5) is 12.0. The number of alkyl halides is 3. The molecule has 12 heteroatoms. The van der Waals surface area contributed by atoms with E-state index in [1.807, 2.05) is 0 Å². The molecule has 0 saturated heterocycles. The highest BCUT2D eigenvalue weighted by atomic mass is 35.5. The largest absolute Gasteiger partial charge is 0.573 e. The van der Waals surface area contributed by atoms with Gasteiger partial charge in [0.25, 0.3) is 0 Å². The van der Waals surface area contributed by atoms with Crippen molar-refractivity contribution in [2.45, 2.75) is 19.2 Å². The van der Waals surface area contributed by atoms with Crippen molar-refractivity contribution in [3.05, 3.63) is 57.0 Å². The van der Waals surface area contributed by atoms with Crippen LogP contribution in [-0.2, 0) is 4.79 Å². The van der Waals surface area contributed by atoms with Gasteiger partial charge in [0.15, 0.2) is 5.75 Å². The van der Waals surface area contributed by atoms with E-state index in [-0.39, 0.29) is 51.6 Å². The number of hydrogen-bond donors (Lipinski definition) is 1. The summed E-state index contributed by atoms with van der Waals surface area (Å²) in [6, 6.07) is 7.83.